The molecule has 1 aliphatic rings. The first-order chi connectivity index (χ1) is 9.20. The van der Waals surface area contributed by atoms with Gasteiger partial charge in [-0.05, 0) is 44.9 Å². The van der Waals surface area contributed by atoms with Gasteiger partial charge >= 0.3 is 0 Å². The number of ether oxygens (including phenoxy) is 2. The molecular formula is C16H25NO2. The summed E-state index contributed by atoms with van der Waals surface area (Å²) in [5, 5.41) is 3.35. The number of likely N-dealkylation sites (N-methyl/N-ethyl adjacent to an activating group) is 1. The SMILES string of the molecule is CNC(COCC1CCCO1)c1cc(C)ccc1C. The molecule has 1 heterocycles. The van der Waals surface area contributed by atoms with E-state index in [1.165, 1.54) is 23.1 Å². The third kappa shape index (κ3) is 4.03. The summed E-state index contributed by atoms with van der Waals surface area (Å²) >= 11 is 0. The maximum absolute atomic E-state index is 5.83. The van der Waals surface area contributed by atoms with E-state index in [0.29, 0.717) is 19.3 Å². The molecule has 0 radical (unpaired) electrons. The van der Waals surface area contributed by atoms with Crippen LogP contribution in [-0.4, -0.2) is 33.0 Å². The first kappa shape index (κ1) is 14.5. The van der Waals surface area contributed by atoms with E-state index in [-0.39, 0.29) is 6.04 Å². The first-order valence-electron chi connectivity index (χ1n) is 7.14. The third-order valence-electron chi connectivity index (χ3n) is 3.77. The van der Waals surface area contributed by atoms with E-state index >= 15 is 0 Å². The van der Waals surface area contributed by atoms with E-state index in [9.17, 15) is 0 Å². The summed E-state index contributed by atoms with van der Waals surface area (Å²) in [5.41, 5.74) is 3.93. The highest BCUT2D eigenvalue weighted by molar-refractivity contribution is 5.33. The predicted octanol–water partition coefficient (Wildman–Crippen LogP) is 2.76. The van der Waals surface area contributed by atoms with E-state index in [1.807, 2.05) is 7.05 Å². The lowest BCUT2D eigenvalue weighted by Crippen LogP contribution is -2.25. The van der Waals surface area contributed by atoms with Crippen molar-refractivity contribution in [1.82, 2.24) is 5.32 Å². The molecule has 1 aliphatic heterocycles. The molecule has 0 spiro atoms. The third-order valence-corrected chi connectivity index (χ3v) is 3.77. The van der Waals surface area contributed by atoms with Gasteiger partial charge in [0.1, 0.15) is 0 Å². The van der Waals surface area contributed by atoms with Gasteiger partial charge in [-0.25, -0.2) is 0 Å². The zero-order valence-corrected chi connectivity index (χ0v) is 12.2. The van der Waals surface area contributed by atoms with Crippen molar-refractivity contribution < 1.29 is 9.47 Å². The fourth-order valence-corrected chi connectivity index (χ4v) is 2.56. The quantitative estimate of drug-likeness (QED) is 0.856. The molecule has 1 aromatic rings. The molecule has 1 N–H and O–H groups in total. The Bertz CT molecular complexity index is 400. The molecule has 3 nitrogen and oxygen atoms in total. The Kier molecular flexibility index (Phi) is 5.37. The van der Waals surface area contributed by atoms with Crippen molar-refractivity contribution in [3.63, 3.8) is 0 Å². The van der Waals surface area contributed by atoms with E-state index in [0.717, 1.165) is 13.0 Å². The normalized spacial score (nSPS) is 20.7. The molecule has 0 aliphatic carbocycles. The van der Waals surface area contributed by atoms with Crippen molar-refractivity contribution in [2.75, 3.05) is 26.9 Å². The van der Waals surface area contributed by atoms with Gasteiger partial charge in [-0.1, -0.05) is 23.8 Å². The van der Waals surface area contributed by atoms with Crippen LogP contribution in [0.3, 0.4) is 0 Å². The van der Waals surface area contributed by atoms with Gasteiger partial charge in [0.05, 0.1) is 25.4 Å². The molecule has 0 aromatic heterocycles. The Morgan fingerprint density at radius 1 is 1.42 bits per heavy atom. The van der Waals surface area contributed by atoms with Crippen LogP contribution in [0.2, 0.25) is 0 Å². The Hall–Kier alpha value is -0.900. The van der Waals surface area contributed by atoms with Crippen LogP contribution >= 0.6 is 0 Å². The average Bonchev–Trinajstić information content (AvgIpc) is 2.91. The molecular weight excluding hydrogens is 238 g/mol. The number of hydrogen-bond donors (Lipinski definition) is 1. The predicted molar refractivity (Wildman–Crippen MR) is 77.5 cm³/mol. The van der Waals surface area contributed by atoms with Crippen LogP contribution in [0.25, 0.3) is 0 Å². The lowest BCUT2D eigenvalue weighted by atomic mass is 9.99. The summed E-state index contributed by atoms with van der Waals surface area (Å²) in [5.74, 6) is 0. The van der Waals surface area contributed by atoms with Gasteiger partial charge in [0.25, 0.3) is 0 Å². The number of nitrogens with one attached hydrogen (secondary N) is 1. The van der Waals surface area contributed by atoms with Crippen molar-refractivity contribution in [2.45, 2.75) is 38.8 Å². The second kappa shape index (κ2) is 7.04. The van der Waals surface area contributed by atoms with Gasteiger partial charge in [-0.2, -0.15) is 0 Å². The van der Waals surface area contributed by atoms with E-state index in [1.54, 1.807) is 0 Å². The Morgan fingerprint density at radius 2 is 2.26 bits per heavy atom. The van der Waals surface area contributed by atoms with Crippen molar-refractivity contribution in [3.8, 4) is 0 Å². The topological polar surface area (TPSA) is 30.5 Å². The van der Waals surface area contributed by atoms with Crippen LogP contribution in [0.1, 0.15) is 35.6 Å². The minimum absolute atomic E-state index is 0.251. The number of hydrogen-bond acceptors (Lipinski definition) is 3. The molecule has 3 heteroatoms. The van der Waals surface area contributed by atoms with Crippen molar-refractivity contribution in [1.29, 1.82) is 0 Å². The van der Waals surface area contributed by atoms with Crippen molar-refractivity contribution >= 4 is 0 Å². The molecule has 2 atom stereocenters. The summed E-state index contributed by atoms with van der Waals surface area (Å²) in [6, 6.07) is 6.82. The van der Waals surface area contributed by atoms with Gasteiger partial charge < -0.3 is 14.8 Å². The first-order valence-corrected chi connectivity index (χ1v) is 7.14. The molecule has 0 saturated carbocycles. The van der Waals surface area contributed by atoms with Gasteiger partial charge in [0.15, 0.2) is 0 Å². The molecule has 1 aromatic carbocycles. The number of benzene rings is 1. The Morgan fingerprint density at radius 3 is 2.95 bits per heavy atom. The zero-order chi connectivity index (χ0) is 13.7. The summed E-state index contributed by atoms with van der Waals surface area (Å²) in [6.45, 7) is 6.58. The Labute approximate surface area is 116 Å². The maximum atomic E-state index is 5.83. The average molecular weight is 263 g/mol. The smallest absolute Gasteiger partial charge is 0.0809 e. The molecule has 106 valence electrons. The second-order valence-electron chi connectivity index (χ2n) is 5.37. The summed E-state index contributed by atoms with van der Waals surface area (Å²) < 4.78 is 11.4. The van der Waals surface area contributed by atoms with E-state index in [2.05, 4.69) is 37.4 Å². The van der Waals surface area contributed by atoms with Gasteiger partial charge in [0.2, 0.25) is 0 Å². The van der Waals surface area contributed by atoms with Crippen LogP contribution < -0.4 is 5.32 Å². The highest BCUT2D eigenvalue weighted by Crippen LogP contribution is 2.20. The fourth-order valence-electron chi connectivity index (χ4n) is 2.56. The zero-order valence-electron chi connectivity index (χ0n) is 12.2. The highest BCUT2D eigenvalue weighted by Gasteiger charge is 2.17. The molecule has 19 heavy (non-hydrogen) atoms. The minimum atomic E-state index is 0.251. The molecule has 2 rings (SSSR count). The minimum Gasteiger partial charge on any atom is -0.377 e. The van der Waals surface area contributed by atoms with Crippen molar-refractivity contribution in [2.24, 2.45) is 0 Å². The maximum Gasteiger partial charge on any atom is 0.0809 e. The number of aryl methyl sites for hydroxylation is 2. The van der Waals surface area contributed by atoms with E-state index < -0.39 is 0 Å². The molecule has 2 unspecified atom stereocenters. The van der Waals surface area contributed by atoms with Gasteiger partial charge in [-0.3, -0.25) is 0 Å². The van der Waals surface area contributed by atoms with Crippen LogP contribution in [0.5, 0.6) is 0 Å². The Balaban J connectivity index is 1.89. The molecule has 0 amide bonds. The fraction of sp³-hybridized carbons (Fsp3) is 0.625. The molecule has 0 bridgehead atoms. The lowest BCUT2D eigenvalue weighted by molar-refractivity contribution is 0.0105. The van der Waals surface area contributed by atoms with Crippen LogP contribution in [-0.2, 0) is 9.47 Å². The summed E-state index contributed by atoms with van der Waals surface area (Å²) in [6.07, 6.45) is 2.60. The lowest BCUT2D eigenvalue weighted by Gasteiger charge is -2.20. The van der Waals surface area contributed by atoms with Crippen LogP contribution in [0.4, 0.5) is 0 Å². The monoisotopic (exact) mass is 263 g/mol. The van der Waals surface area contributed by atoms with Crippen LogP contribution in [0.15, 0.2) is 18.2 Å². The summed E-state index contributed by atoms with van der Waals surface area (Å²) in [7, 11) is 1.99. The standard InChI is InChI=1S/C16H25NO2/c1-12-6-7-13(2)15(9-12)16(17-3)11-18-10-14-5-4-8-19-14/h6-7,9,14,16-17H,4-5,8,10-11H2,1-3H3. The molecule has 1 saturated heterocycles. The number of rotatable bonds is 6. The summed E-state index contributed by atoms with van der Waals surface area (Å²) in [4.78, 5) is 0. The largest absolute Gasteiger partial charge is 0.377 e. The van der Waals surface area contributed by atoms with Gasteiger partial charge in [-0.15, -0.1) is 0 Å². The van der Waals surface area contributed by atoms with Crippen molar-refractivity contribution in [3.05, 3.63) is 34.9 Å². The highest BCUT2D eigenvalue weighted by atomic mass is 16.5. The van der Waals surface area contributed by atoms with Crippen LogP contribution in [0, 0.1) is 13.8 Å². The van der Waals surface area contributed by atoms with E-state index in [4.69, 9.17) is 9.47 Å². The van der Waals surface area contributed by atoms with Gasteiger partial charge in [0, 0.05) is 6.61 Å². The molecule has 1 fully saturated rings. The second-order valence-corrected chi connectivity index (χ2v) is 5.37.